The standard InChI is InChI=1S/C19H20N2O3.ClH/c22-18(20-16-9-5-2-6-10-16)17(14-7-3-1-4-8-14)21-12-11-15(13-21)19(23)24;/h1-10,15,17H,11-13H2,(H,20,22)(H,23,24);1H. The summed E-state index contributed by atoms with van der Waals surface area (Å²) in [5.41, 5.74) is 1.61. The monoisotopic (exact) mass is 360 g/mol. The van der Waals surface area contributed by atoms with Crippen molar-refractivity contribution in [3.63, 3.8) is 0 Å². The number of anilines is 1. The number of nitrogens with zero attached hydrogens (tertiary/aromatic N) is 1. The Bertz CT molecular complexity index is 709. The number of nitrogens with one attached hydrogen (secondary N) is 1. The van der Waals surface area contributed by atoms with Gasteiger partial charge < -0.3 is 10.4 Å². The number of likely N-dealkylation sites (tertiary alicyclic amines) is 1. The summed E-state index contributed by atoms with van der Waals surface area (Å²) in [4.78, 5) is 26.1. The zero-order chi connectivity index (χ0) is 16.9. The van der Waals surface area contributed by atoms with Gasteiger partial charge in [0.25, 0.3) is 0 Å². The highest BCUT2D eigenvalue weighted by molar-refractivity contribution is 5.95. The van der Waals surface area contributed by atoms with Crippen LogP contribution in [-0.4, -0.2) is 35.0 Å². The Kier molecular flexibility index (Phi) is 6.56. The molecule has 1 saturated heterocycles. The minimum Gasteiger partial charge on any atom is -0.481 e. The quantitative estimate of drug-likeness (QED) is 0.859. The number of halogens is 1. The average molecular weight is 361 g/mol. The zero-order valence-electron chi connectivity index (χ0n) is 13.7. The molecule has 1 aliphatic rings. The third kappa shape index (κ3) is 4.59. The molecule has 2 aromatic rings. The first kappa shape index (κ1) is 19.0. The topological polar surface area (TPSA) is 69.6 Å². The third-order valence-electron chi connectivity index (χ3n) is 4.34. The van der Waals surface area contributed by atoms with Crippen molar-refractivity contribution in [3.05, 3.63) is 66.2 Å². The van der Waals surface area contributed by atoms with E-state index in [0.29, 0.717) is 19.5 Å². The number of aliphatic carboxylic acids is 1. The number of amides is 1. The molecule has 5 nitrogen and oxygen atoms in total. The van der Waals surface area contributed by atoms with Gasteiger partial charge in [0.05, 0.1) is 5.92 Å². The van der Waals surface area contributed by atoms with Crippen LogP contribution in [0.25, 0.3) is 0 Å². The Morgan fingerprint density at radius 1 is 1.04 bits per heavy atom. The molecule has 1 aliphatic heterocycles. The second-order valence-electron chi connectivity index (χ2n) is 5.99. The molecule has 2 unspecified atom stereocenters. The van der Waals surface area contributed by atoms with Crippen LogP contribution in [0.4, 0.5) is 5.69 Å². The molecule has 2 N–H and O–H groups in total. The maximum Gasteiger partial charge on any atom is 0.307 e. The van der Waals surface area contributed by atoms with Crippen molar-refractivity contribution in [2.24, 2.45) is 5.92 Å². The molecule has 2 atom stereocenters. The molecule has 1 fully saturated rings. The molecule has 0 bridgehead atoms. The number of para-hydroxylation sites is 1. The Labute approximate surface area is 153 Å². The van der Waals surface area contributed by atoms with Crippen molar-refractivity contribution in [3.8, 4) is 0 Å². The van der Waals surface area contributed by atoms with Gasteiger partial charge in [0.15, 0.2) is 0 Å². The number of carboxylic acids is 1. The van der Waals surface area contributed by atoms with E-state index in [0.717, 1.165) is 11.3 Å². The van der Waals surface area contributed by atoms with Crippen LogP contribution >= 0.6 is 12.4 Å². The maximum absolute atomic E-state index is 12.9. The van der Waals surface area contributed by atoms with Gasteiger partial charge in [-0.3, -0.25) is 14.5 Å². The molecule has 0 saturated carbocycles. The van der Waals surface area contributed by atoms with E-state index in [1.54, 1.807) is 0 Å². The minimum absolute atomic E-state index is 0. The summed E-state index contributed by atoms with van der Waals surface area (Å²) in [5, 5.41) is 12.2. The van der Waals surface area contributed by atoms with Gasteiger partial charge in [-0.05, 0) is 24.1 Å². The predicted octanol–water partition coefficient (Wildman–Crippen LogP) is 3.19. The molecule has 6 heteroatoms. The normalized spacial score (nSPS) is 18.2. The Balaban J connectivity index is 0.00000225. The van der Waals surface area contributed by atoms with Gasteiger partial charge in [-0.15, -0.1) is 12.4 Å². The molecule has 1 heterocycles. The maximum atomic E-state index is 12.9. The second kappa shape index (κ2) is 8.65. The summed E-state index contributed by atoms with van der Waals surface area (Å²) < 4.78 is 0. The number of hydrogen-bond donors (Lipinski definition) is 2. The molecule has 1 amide bonds. The average Bonchev–Trinajstić information content (AvgIpc) is 3.07. The van der Waals surface area contributed by atoms with E-state index in [4.69, 9.17) is 0 Å². The lowest BCUT2D eigenvalue weighted by Gasteiger charge is -2.27. The van der Waals surface area contributed by atoms with Gasteiger partial charge in [-0.25, -0.2) is 0 Å². The molecule has 25 heavy (non-hydrogen) atoms. The summed E-state index contributed by atoms with van der Waals surface area (Å²) in [6.45, 7) is 0.982. The lowest BCUT2D eigenvalue weighted by atomic mass is 10.0. The lowest BCUT2D eigenvalue weighted by Crippen LogP contribution is -2.36. The lowest BCUT2D eigenvalue weighted by molar-refractivity contribution is -0.141. The minimum atomic E-state index is -0.798. The van der Waals surface area contributed by atoms with Gasteiger partial charge in [0, 0.05) is 18.8 Å². The second-order valence-corrected chi connectivity index (χ2v) is 5.99. The zero-order valence-corrected chi connectivity index (χ0v) is 14.5. The van der Waals surface area contributed by atoms with E-state index in [1.807, 2.05) is 65.6 Å². The fourth-order valence-electron chi connectivity index (χ4n) is 3.12. The van der Waals surface area contributed by atoms with Crippen molar-refractivity contribution in [1.82, 2.24) is 4.90 Å². The fraction of sp³-hybridized carbons (Fsp3) is 0.263. The van der Waals surface area contributed by atoms with E-state index in [-0.39, 0.29) is 18.3 Å². The van der Waals surface area contributed by atoms with Crippen LogP contribution in [0.1, 0.15) is 18.0 Å². The van der Waals surface area contributed by atoms with Crippen molar-refractivity contribution in [1.29, 1.82) is 0 Å². The highest BCUT2D eigenvalue weighted by Crippen LogP contribution is 2.29. The van der Waals surface area contributed by atoms with Crippen molar-refractivity contribution in [2.45, 2.75) is 12.5 Å². The van der Waals surface area contributed by atoms with Gasteiger partial charge in [0.2, 0.25) is 5.91 Å². The molecular weight excluding hydrogens is 340 g/mol. The number of carboxylic acid groups (broad SMARTS) is 1. The van der Waals surface area contributed by atoms with E-state index < -0.39 is 17.9 Å². The summed E-state index contributed by atoms with van der Waals surface area (Å²) in [7, 11) is 0. The largest absolute Gasteiger partial charge is 0.481 e. The highest BCUT2D eigenvalue weighted by Gasteiger charge is 2.36. The number of carbonyl (C=O) groups is 2. The van der Waals surface area contributed by atoms with Gasteiger partial charge in [0.1, 0.15) is 6.04 Å². The van der Waals surface area contributed by atoms with E-state index in [2.05, 4.69) is 5.32 Å². The molecule has 0 aliphatic carbocycles. The first-order valence-corrected chi connectivity index (χ1v) is 8.03. The van der Waals surface area contributed by atoms with Crippen LogP contribution < -0.4 is 5.32 Å². The van der Waals surface area contributed by atoms with E-state index in [9.17, 15) is 14.7 Å². The first-order valence-electron chi connectivity index (χ1n) is 8.03. The summed E-state index contributed by atoms with van der Waals surface area (Å²) in [6.07, 6.45) is 0.567. The summed E-state index contributed by atoms with van der Waals surface area (Å²) in [6, 6.07) is 18.3. The molecule has 132 valence electrons. The summed E-state index contributed by atoms with van der Waals surface area (Å²) >= 11 is 0. The Morgan fingerprint density at radius 3 is 2.20 bits per heavy atom. The smallest absolute Gasteiger partial charge is 0.307 e. The van der Waals surface area contributed by atoms with Crippen LogP contribution in [0.3, 0.4) is 0 Å². The van der Waals surface area contributed by atoms with Crippen molar-refractivity contribution >= 4 is 30.0 Å². The highest BCUT2D eigenvalue weighted by atomic mass is 35.5. The van der Waals surface area contributed by atoms with E-state index in [1.165, 1.54) is 0 Å². The number of hydrogen-bond acceptors (Lipinski definition) is 3. The van der Waals surface area contributed by atoms with Crippen LogP contribution in [-0.2, 0) is 9.59 Å². The fourth-order valence-corrected chi connectivity index (χ4v) is 3.12. The van der Waals surface area contributed by atoms with Crippen LogP contribution in [0, 0.1) is 5.92 Å². The van der Waals surface area contributed by atoms with Crippen LogP contribution in [0.15, 0.2) is 60.7 Å². The number of carbonyl (C=O) groups excluding carboxylic acids is 1. The molecule has 0 radical (unpaired) electrons. The number of benzene rings is 2. The summed E-state index contributed by atoms with van der Waals surface area (Å²) in [5.74, 6) is -1.35. The van der Waals surface area contributed by atoms with Crippen LogP contribution in [0.5, 0.6) is 0 Å². The van der Waals surface area contributed by atoms with Crippen LogP contribution in [0.2, 0.25) is 0 Å². The first-order chi connectivity index (χ1) is 11.6. The van der Waals surface area contributed by atoms with Gasteiger partial charge in [-0.1, -0.05) is 48.5 Å². The third-order valence-corrected chi connectivity index (χ3v) is 4.34. The van der Waals surface area contributed by atoms with Gasteiger partial charge >= 0.3 is 5.97 Å². The van der Waals surface area contributed by atoms with Crippen molar-refractivity contribution < 1.29 is 14.7 Å². The van der Waals surface area contributed by atoms with Crippen molar-refractivity contribution in [2.75, 3.05) is 18.4 Å². The SMILES string of the molecule is Cl.O=C(O)C1CCN(C(C(=O)Nc2ccccc2)c2ccccc2)C1. The molecular formula is C19H21ClN2O3. The molecule has 0 aromatic heterocycles. The predicted molar refractivity (Wildman–Crippen MR) is 98.8 cm³/mol. The molecule has 0 spiro atoms. The Hall–Kier alpha value is -2.37. The van der Waals surface area contributed by atoms with Gasteiger partial charge in [-0.2, -0.15) is 0 Å². The number of rotatable bonds is 5. The van der Waals surface area contributed by atoms with E-state index >= 15 is 0 Å². The molecule has 2 aromatic carbocycles. The Morgan fingerprint density at radius 2 is 1.64 bits per heavy atom. The molecule has 3 rings (SSSR count).